The first-order chi connectivity index (χ1) is 13.8. The molecule has 0 spiro atoms. The van der Waals surface area contributed by atoms with Crippen LogP contribution in [0.4, 0.5) is 19.1 Å². The van der Waals surface area contributed by atoms with E-state index in [9.17, 15) is 18.0 Å². The average Bonchev–Trinajstić information content (AvgIpc) is 3.39. The van der Waals surface area contributed by atoms with Crippen molar-refractivity contribution < 1.29 is 18.0 Å². The minimum Gasteiger partial charge on any atom is -0.368 e. The molecule has 1 aliphatic heterocycles. The van der Waals surface area contributed by atoms with Gasteiger partial charge in [0.25, 0.3) is 0 Å². The zero-order valence-corrected chi connectivity index (χ0v) is 16.0. The van der Waals surface area contributed by atoms with Crippen LogP contribution in [0.2, 0.25) is 0 Å². The van der Waals surface area contributed by atoms with Gasteiger partial charge in [-0.25, -0.2) is 9.97 Å². The van der Waals surface area contributed by atoms with Crippen LogP contribution in [0.1, 0.15) is 55.8 Å². The van der Waals surface area contributed by atoms with Crippen molar-refractivity contribution in [3.8, 4) is 11.1 Å². The molecule has 154 valence electrons. The Morgan fingerprint density at radius 2 is 1.76 bits per heavy atom. The molecular formula is C21H23F3N4O. The van der Waals surface area contributed by atoms with Crippen LogP contribution < -0.4 is 5.73 Å². The van der Waals surface area contributed by atoms with Crippen LogP contribution in [0, 0.1) is 5.92 Å². The third-order valence-electron chi connectivity index (χ3n) is 5.92. The number of likely N-dealkylation sites (tertiary alicyclic amines) is 1. The Morgan fingerprint density at radius 1 is 1.07 bits per heavy atom. The largest absolute Gasteiger partial charge is 0.416 e. The molecule has 8 heteroatoms. The number of nitrogen functional groups attached to an aromatic ring is 1. The second-order valence-electron chi connectivity index (χ2n) is 7.77. The predicted molar refractivity (Wildman–Crippen MR) is 103 cm³/mol. The highest BCUT2D eigenvalue weighted by Gasteiger charge is 2.37. The topological polar surface area (TPSA) is 72.1 Å². The van der Waals surface area contributed by atoms with Crippen molar-refractivity contribution in [3.05, 3.63) is 41.7 Å². The van der Waals surface area contributed by atoms with Gasteiger partial charge in [0.15, 0.2) is 0 Å². The molecule has 1 aliphatic carbocycles. The summed E-state index contributed by atoms with van der Waals surface area (Å²) in [6.45, 7) is 0.663. The normalized spacial score (nSPS) is 20.4. The van der Waals surface area contributed by atoms with Crippen molar-refractivity contribution >= 4 is 11.9 Å². The molecule has 1 atom stereocenters. The standard InChI is InChI=1S/C21H23F3N4O/c22-21(23,24)15-9-7-13(8-10-15)16-12-26-20(25)27-18(16)17-6-3-11-28(17)19(29)14-4-1-2-5-14/h7-10,12,14,17H,1-6,11H2,(H2,25,26,27)/t17-/m0/s1. The Labute approximate surface area is 167 Å². The highest BCUT2D eigenvalue weighted by molar-refractivity contribution is 5.80. The SMILES string of the molecule is Nc1ncc(-c2ccc(C(F)(F)F)cc2)c([C@@H]2CCCN2C(=O)C2CCCC2)n1. The molecule has 0 bridgehead atoms. The maximum absolute atomic E-state index is 13.0. The summed E-state index contributed by atoms with van der Waals surface area (Å²) < 4.78 is 38.7. The minimum absolute atomic E-state index is 0.0595. The number of aromatic nitrogens is 2. The van der Waals surface area contributed by atoms with Gasteiger partial charge in [0.05, 0.1) is 17.3 Å². The highest BCUT2D eigenvalue weighted by Crippen LogP contribution is 2.40. The number of nitrogens with zero attached hydrogens (tertiary/aromatic N) is 3. The molecule has 1 aromatic carbocycles. The maximum Gasteiger partial charge on any atom is 0.416 e. The Morgan fingerprint density at radius 3 is 2.41 bits per heavy atom. The lowest BCUT2D eigenvalue weighted by atomic mass is 9.98. The second-order valence-corrected chi connectivity index (χ2v) is 7.77. The van der Waals surface area contributed by atoms with Crippen LogP contribution in [-0.4, -0.2) is 27.3 Å². The molecule has 2 aromatic rings. The monoisotopic (exact) mass is 404 g/mol. The van der Waals surface area contributed by atoms with Gasteiger partial charge < -0.3 is 10.6 Å². The zero-order valence-electron chi connectivity index (χ0n) is 16.0. The number of carbonyl (C=O) groups excluding carboxylic acids is 1. The van der Waals surface area contributed by atoms with Gasteiger partial charge in [0.1, 0.15) is 0 Å². The summed E-state index contributed by atoms with van der Waals surface area (Å²) >= 11 is 0. The van der Waals surface area contributed by atoms with Gasteiger partial charge in [-0.2, -0.15) is 13.2 Å². The number of amides is 1. The van der Waals surface area contributed by atoms with Crippen molar-refractivity contribution in [3.63, 3.8) is 0 Å². The van der Waals surface area contributed by atoms with E-state index in [4.69, 9.17) is 5.73 Å². The van der Waals surface area contributed by atoms with Gasteiger partial charge in [0, 0.05) is 24.2 Å². The maximum atomic E-state index is 13.0. The van der Waals surface area contributed by atoms with Crippen molar-refractivity contribution in [2.24, 2.45) is 5.92 Å². The average molecular weight is 404 g/mol. The fourth-order valence-electron chi connectivity index (χ4n) is 4.45. The fourth-order valence-corrected chi connectivity index (χ4v) is 4.45. The molecule has 29 heavy (non-hydrogen) atoms. The van der Waals surface area contributed by atoms with Crippen molar-refractivity contribution in [1.29, 1.82) is 0 Å². The van der Waals surface area contributed by atoms with Crippen LogP contribution in [0.3, 0.4) is 0 Å². The molecule has 0 unspecified atom stereocenters. The molecular weight excluding hydrogens is 381 g/mol. The van der Waals surface area contributed by atoms with E-state index in [1.807, 2.05) is 4.90 Å². The van der Waals surface area contributed by atoms with Crippen LogP contribution in [0.25, 0.3) is 11.1 Å². The number of rotatable bonds is 3. The Hall–Kier alpha value is -2.64. The zero-order chi connectivity index (χ0) is 20.6. The van der Waals surface area contributed by atoms with Crippen molar-refractivity contribution in [1.82, 2.24) is 14.9 Å². The van der Waals surface area contributed by atoms with E-state index in [-0.39, 0.29) is 23.8 Å². The van der Waals surface area contributed by atoms with E-state index < -0.39 is 11.7 Å². The smallest absolute Gasteiger partial charge is 0.368 e. The number of halogens is 3. The van der Waals surface area contributed by atoms with Crippen molar-refractivity contribution in [2.75, 3.05) is 12.3 Å². The molecule has 2 N–H and O–H groups in total. The quantitative estimate of drug-likeness (QED) is 0.812. The summed E-state index contributed by atoms with van der Waals surface area (Å²) in [5.41, 5.74) is 6.92. The number of alkyl halides is 3. The third-order valence-corrected chi connectivity index (χ3v) is 5.92. The van der Waals surface area contributed by atoms with Gasteiger partial charge in [-0.05, 0) is 43.4 Å². The molecule has 2 fully saturated rings. The lowest BCUT2D eigenvalue weighted by Gasteiger charge is -2.28. The molecule has 1 amide bonds. The first-order valence-electron chi connectivity index (χ1n) is 9.95. The molecule has 1 saturated carbocycles. The van der Waals surface area contributed by atoms with Crippen LogP contribution >= 0.6 is 0 Å². The first-order valence-corrected chi connectivity index (χ1v) is 9.95. The number of benzene rings is 1. The van der Waals surface area contributed by atoms with E-state index in [2.05, 4.69) is 9.97 Å². The molecule has 2 aliphatic rings. The number of hydrogen-bond acceptors (Lipinski definition) is 4. The lowest BCUT2D eigenvalue weighted by Crippen LogP contribution is -2.35. The van der Waals surface area contributed by atoms with Gasteiger partial charge in [-0.3, -0.25) is 4.79 Å². The third kappa shape index (κ3) is 3.93. The molecule has 1 aromatic heterocycles. The summed E-state index contributed by atoms with van der Waals surface area (Å²) in [6.07, 6.45) is 2.74. The summed E-state index contributed by atoms with van der Waals surface area (Å²) in [6, 6.07) is 4.70. The molecule has 0 radical (unpaired) electrons. The summed E-state index contributed by atoms with van der Waals surface area (Å²) in [5, 5.41) is 0. The number of nitrogens with two attached hydrogens (primary N) is 1. The molecule has 2 heterocycles. The van der Waals surface area contributed by atoms with Gasteiger partial charge >= 0.3 is 6.18 Å². The Bertz CT molecular complexity index is 892. The summed E-state index contributed by atoms with van der Waals surface area (Å²) in [5.74, 6) is 0.306. The first kappa shape index (κ1) is 19.7. The second kappa shape index (κ2) is 7.65. The molecule has 1 saturated heterocycles. The molecule has 4 rings (SSSR count). The van der Waals surface area contributed by atoms with Crippen molar-refractivity contribution in [2.45, 2.75) is 50.7 Å². The fraction of sp³-hybridized carbons (Fsp3) is 0.476. The lowest BCUT2D eigenvalue weighted by molar-refractivity contribution is -0.138. The van der Waals surface area contributed by atoms with Gasteiger partial charge in [0.2, 0.25) is 11.9 Å². The summed E-state index contributed by atoms with van der Waals surface area (Å²) in [4.78, 5) is 23.4. The molecule has 5 nitrogen and oxygen atoms in total. The predicted octanol–water partition coefficient (Wildman–Crippen LogP) is 4.60. The van der Waals surface area contributed by atoms with Crippen LogP contribution in [-0.2, 0) is 11.0 Å². The van der Waals surface area contributed by atoms with E-state index in [1.54, 1.807) is 0 Å². The van der Waals surface area contributed by atoms with Crippen LogP contribution in [0.5, 0.6) is 0 Å². The van der Waals surface area contributed by atoms with E-state index in [1.165, 1.54) is 18.3 Å². The minimum atomic E-state index is -4.39. The van der Waals surface area contributed by atoms with E-state index in [0.29, 0.717) is 23.4 Å². The summed E-state index contributed by atoms with van der Waals surface area (Å²) in [7, 11) is 0. The number of anilines is 1. The van der Waals surface area contributed by atoms with E-state index in [0.717, 1.165) is 50.7 Å². The highest BCUT2D eigenvalue weighted by atomic mass is 19.4. The number of carbonyl (C=O) groups is 1. The Kier molecular flexibility index (Phi) is 5.19. The van der Waals surface area contributed by atoms with Crippen LogP contribution in [0.15, 0.2) is 30.5 Å². The number of hydrogen-bond donors (Lipinski definition) is 1. The Balaban J connectivity index is 1.68. The van der Waals surface area contributed by atoms with Gasteiger partial charge in [-0.15, -0.1) is 0 Å². The van der Waals surface area contributed by atoms with Gasteiger partial charge in [-0.1, -0.05) is 25.0 Å². The van der Waals surface area contributed by atoms with E-state index >= 15 is 0 Å².